The van der Waals surface area contributed by atoms with E-state index in [1.54, 1.807) is 49.5 Å². The number of aryl methyl sites for hydroxylation is 1. The first-order valence-corrected chi connectivity index (χ1v) is 20.2. The molecule has 0 spiro atoms. The lowest BCUT2D eigenvalue weighted by molar-refractivity contribution is -0.245. The number of aromatic nitrogens is 3. The van der Waals surface area contributed by atoms with Crippen LogP contribution in [0.25, 0.3) is 11.3 Å². The molecule has 0 unspecified atom stereocenters. The molecule has 3 saturated heterocycles. The van der Waals surface area contributed by atoms with Gasteiger partial charge in [0.25, 0.3) is 0 Å². The molecule has 3 aliphatic rings. The van der Waals surface area contributed by atoms with E-state index in [9.17, 15) is 24.6 Å². The summed E-state index contributed by atoms with van der Waals surface area (Å²) in [6.45, 7) is 13.4. The van der Waals surface area contributed by atoms with Crippen molar-refractivity contribution in [2.75, 3.05) is 34.4 Å². The number of cyclic esters (lactones) is 1. The maximum atomic E-state index is 14.2. The zero-order chi connectivity index (χ0) is 41.8. The molecule has 318 valence electrons. The number of ether oxygens (including phenoxy) is 5. The number of rotatable bonds is 12. The first kappa shape index (κ1) is 44.6. The van der Waals surface area contributed by atoms with Gasteiger partial charge in [0.05, 0.1) is 42.4 Å². The van der Waals surface area contributed by atoms with E-state index in [4.69, 9.17) is 23.7 Å². The number of likely N-dealkylation sites (N-methyl/N-ethyl adjacent to an activating group) is 1. The number of aliphatic hydroxyl groups excluding tert-OH is 2. The summed E-state index contributed by atoms with van der Waals surface area (Å²) in [6.07, 6.45) is 3.96. The quantitative estimate of drug-likeness (QED) is 0.162. The van der Waals surface area contributed by atoms with E-state index in [0.717, 1.165) is 17.7 Å². The number of pyridine rings is 1. The number of unbranched alkanes of at least 4 members (excludes halogenated alkanes) is 1. The fourth-order valence-corrected chi connectivity index (χ4v) is 9.29. The Bertz CT molecular complexity index is 1660. The van der Waals surface area contributed by atoms with Gasteiger partial charge in [0.2, 0.25) is 0 Å². The molecule has 0 bridgehead atoms. The summed E-state index contributed by atoms with van der Waals surface area (Å²) < 4.78 is 33.1. The second-order valence-electron chi connectivity index (χ2n) is 16.7. The van der Waals surface area contributed by atoms with Gasteiger partial charge in [-0.3, -0.25) is 19.5 Å². The fraction of sp³-hybridized carbons (Fsp3) is 0.732. The van der Waals surface area contributed by atoms with Gasteiger partial charge in [0.1, 0.15) is 24.2 Å². The van der Waals surface area contributed by atoms with E-state index in [2.05, 4.69) is 15.3 Å². The smallest absolute Gasteiger partial charge is 0.410 e. The zero-order valence-electron chi connectivity index (χ0n) is 35.2. The predicted molar refractivity (Wildman–Crippen MR) is 210 cm³/mol. The third-order valence-electron chi connectivity index (χ3n) is 12.2. The summed E-state index contributed by atoms with van der Waals surface area (Å²) in [5.41, 5.74) is -0.622. The lowest BCUT2D eigenvalue weighted by atomic mass is 9.79. The van der Waals surface area contributed by atoms with E-state index >= 15 is 0 Å². The van der Waals surface area contributed by atoms with Gasteiger partial charge < -0.3 is 48.7 Å². The number of nitrogens with zero attached hydrogens (tertiary/aromatic N) is 5. The Hall–Kier alpha value is -3.51. The van der Waals surface area contributed by atoms with Gasteiger partial charge >= 0.3 is 12.1 Å². The Kier molecular flexibility index (Phi) is 14.6. The summed E-state index contributed by atoms with van der Waals surface area (Å²) in [5.74, 6) is -3.31. The highest BCUT2D eigenvalue weighted by Gasteiger charge is 2.59. The second kappa shape index (κ2) is 18.6. The molecule has 3 aliphatic heterocycles. The number of hydrogen-bond donors (Lipinski definition) is 3. The van der Waals surface area contributed by atoms with Gasteiger partial charge in [-0.05, 0) is 86.5 Å². The van der Waals surface area contributed by atoms with Crippen molar-refractivity contribution in [3.63, 3.8) is 0 Å². The molecule has 5 heterocycles. The predicted octanol–water partition coefficient (Wildman–Crippen LogP) is 3.04. The molecule has 0 aliphatic carbocycles. The topological polar surface area (TPSA) is 187 Å². The van der Waals surface area contributed by atoms with E-state index in [1.807, 2.05) is 57.5 Å². The summed E-state index contributed by atoms with van der Waals surface area (Å²) in [4.78, 5) is 54.2. The molecule has 0 saturated carbocycles. The molecule has 5 rings (SSSR count). The minimum Gasteiger partial charge on any atom is -0.458 e. The van der Waals surface area contributed by atoms with Crippen LogP contribution in [-0.2, 0) is 39.8 Å². The minimum atomic E-state index is -1.24. The SMILES string of the molecule is CC[C@H]1OC(=O)[C@H](C)C(=O)[C@H](C)[C@@H](O[C@@H]2O[C@H](CO)[C@H](N(C)C)[C@@H]2O)[C@@](C)(OC)C[C@@H](C)N[C@H](C)[C@H]2N(CCCCn3cnc(-c4cccnc4)c3)C(=O)O[C@]12C. The number of nitrogens with one attached hydrogen (secondary N) is 1. The average Bonchev–Trinajstić information content (AvgIpc) is 3.86. The number of Topliss-reactive ketones (excluding diaryl/α,β-unsaturated/α-hetero) is 1. The molecule has 2 aromatic rings. The van der Waals surface area contributed by atoms with Crippen molar-refractivity contribution in [3.05, 3.63) is 37.1 Å². The molecule has 0 aromatic carbocycles. The van der Waals surface area contributed by atoms with Gasteiger partial charge in [-0.1, -0.05) is 13.8 Å². The Labute approximate surface area is 336 Å². The lowest BCUT2D eigenvalue weighted by Gasteiger charge is -2.45. The molecule has 57 heavy (non-hydrogen) atoms. The molecular formula is C41H64N6O10. The Morgan fingerprint density at radius 2 is 1.82 bits per heavy atom. The highest BCUT2D eigenvalue weighted by Crippen LogP contribution is 2.40. The number of carbonyl (C=O) groups is 3. The van der Waals surface area contributed by atoms with E-state index in [1.165, 1.54) is 14.0 Å². The number of methoxy groups -OCH3 is 1. The summed E-state index contributed by atoms with van der Waals surface area (Å²) in [6, 6.07) is 2.11. The van der Waals surface area contributed by atoms with Crippen LogP contribution in [0.5, 0.6) is 0 Å². The number of esters is 1. The molecule has 0 radical (unpaired) electrons. The van der Waals surface area contributed by atoms with Crippen molar-refractivity contribution in [3.8, 4) is 11.3 Å². The van der Waals surface area contributed by atoms with Gasteiger partial charge in [-0.15, -0.1) is 0 Å². The van der Waals surface area contributed by atoms with Crippen LogP contribution < -0.4 is 5.32 Å². The Balaban J connectivity index is 1.40. The number of hydrogen-bond acceptors (Lipinski definition) is 14. The first-order chi connectivity index (χ1) is 27.0. The molecule has 13 atom stereocenters. The van der Waals surface area contributed by atoms with Crippen molar-refractivity contribution >= 4 is 17.8 Å². The van der Waals surface area contributed by atoms with Crippen LogP contribution >= 0.6 is 0 Å². The molecule has 16 nitrogen and oxygen atoms in total. The summed E-state index contributed by atoms with van der Waals surface area (Å²) in [7, 11) is 5.08. The van der Waals surface area contributed by atoms with Crippen LogP contribution in [0.15, 0.2) is 37.1 Å². The van der Waals surface area contributed by atoms with Gasteiger partial charge in [-0.2, -0.15) is 0 Å². The second-order valence-corrected chi connectivity index (χ2v) is 16.7. The minimum absolute atomic E-state index is 0.257. The number of amides is 1. The van der Waals surface area contributed by atoms with Crippen LogP contribution in [0.1, 0.15) is 74.1 Å². The van der Waals surface area contributed by atoms with Crippen LogP contribution in [0.2, 0.25) is 0 Å². The Morgan fingerprint density at radius 3 is 2.44 bits per heavy atom. The summed E-state index contributed by atoms with van der Waals surface area (Å²) in [5, 5.41) is 25.1. The van der Waals surface area contributed by atoms with E-state index in [0.29, 0.717) is 32.4 Å². The van der Waals surface area contributed by atoms with Crippen LogP contribution in [0.4, 0.5) is 4.79 Å². The molecule has 1 amide bonds. The van der Waals surface area contributed by atoms with Crippen molar-refractivity contribution in [1.29, 1.82) is 0 Å². The van der Waals surface area contributed by atoms with Gasteiger partial charge in [0.15, 0.2) is 17.7 Å². The molecule has 16 heteroatoms. The number of carbonyl (C=O) groups excluding carboxylic acids is 3. The Morgan fingerprint density at radius 1 is 1.11 bits per heavy atom. The fourth-order valence-electron chi connectivity index (χ4n) is 9.29. The van der Waals surface area contributed by atoms with Crippen molar-refractivity contribution in [1.82, 2.24) is 29.7 Å². The zero-order valence-corrected chi connectivity index (χ0v) is 35.2. The number of aliphatic hydroxyl groups is 2. The summed E-state index contributed by atoms with van der Waals surface area (Å²) >= 11 is 0. The average molecular weight is 801 g/mol. The number of imidazole rings is 1. The van der Waals surface area contributed by atoms with Crippen LogP contribution in [0.3, 0.4) is 0 Å². The molecule has 2 aromatic heterocycles. The largest absolute Gasteiger partial charge is 0.458 e. The lowest BCUT2D eigenvalue weighted by Crippen LogP contribution is -2.62. The monoisotopic (exact) mass is 800 g/mol. The first-order valence-electron chi connectivity index (χ1n) is 20.2. The maximum Gasteiger partial charge on any atom is 0.410 e. The van der Waals surface area contributed by atoms with Crippen LogP contribution in [-0.4, -0.2) is 153 Å². The normalized spacial score (nSPS) is 36.9. The van der Waals surface area contributed by atoms with Crippen molar-refractivity contribution in [2.45, 2.75) is 147 Å². The highest BCUT2D eigenvalue weighted by molar-refractivity contribution is 6.00. The van der Waals surface area contributed by atoms with Crippen LogP contribution in [0, 0.1) is 11.8 Å². The van der Waals surface area contributed by atoms with E-state index < -0.39 is 83.7 Å². The number of fused-ring (bicyclic) bond motifs is 1. The maximum absolute atomic E-state index is 14.2. The molecule has 3 fully saturated rings. The van der Waals surface area contributed by atoms with E-state index in [-0.39, 0.29) is 18.7 Å². The van der Waals surface area contributed by atoms with Gasteiger partial charge in [-0.25, -0.2) is 9.78 Å². The number of ketones is 1. The van der Waals surface area contributed by atoms with Crippen molar-refractivity contribution < 1.29 is 48.3 Å². The third-order valence-corrected chi connectivity index (χ3v) is 12.2. The molecule has 3 N–H and O–H groups in total. The van der Waals surface area contributed by atoms with Gasteiger partial charge in [0, 0.05) is 62.4 Å². The highest BCUT2D eigenvalue weighted by atomic mass is 16.7. The standard InChI is InChI=1S/C41H64N6O10/c1-11-31-41(7)35(47(39(52)57-41)18-13-12-17-46-21-29(43-23-46)28-15-14-16-42-20-28)27(5)44-24(2)19-40(6,53-10)36(25(3)33(49)26(4)37(51)55-31)56-38-34(50)32(45(8)9)30(22-48)54-38/h14-16,20-21,23-27,30-32,34-36,38,44,48,50H,11-13,17-19,22H2,1-10H3/t24-,25+,26-,27-,30-,31-,32+,34+,35-,36-,38+,40+,41-/m1/s1. The molecular weight excluding hydrogens is 736 g/mol. The third kappa shape index (κ3) is 9.37. The van der Waals surface area contributed by atoms with Crippen molar-refractivity contribution in [2.24, 2.45) is 11.8 Å².